The molecule has 0 aliphatic carbocycles. The van der Waals surface area contributed by atoms with Gasteiger partial charge in [-0.15, -0.1) is 4.48 Å². The number of piperidine rings is 1. The molecular formula is C16H16FN4O2+. The van der Waals surface area contributed by atoms with Gasteiger partial charge in [-0.25, -0.2) is 9.37 Å². The molecule has 1 amide bonds. The highest BCUT2D eigenvalue weighted by molar-refractivity contribution is 5.93. The number of amides is 1. The zero-order chi connectivity index (χ0) is 16.0. The van der Waals surface area contributed by atoms with Crippen LogP contribution in [0.15, 0.2) is 36.8 Å². The zero-order valence-electron chi connectivity index (χ0n) is 12.4. The van der Waals surface area contributed by atoms with Crippen molar-refractivity contribution in [1.82, 2.24) is 14.5 Å². The third-order valence-corrected chi connectivity index (χ3v) is 4.85. The fourth-order valence-electron chi connectivity index (χ4n) is 3.86. The molecule has 5 heterocycles. The average molecular weight is 315 g/mol. The van der Waals surface area contributed by atoms with E-state index in [0.717, 1.165) is 25.0 Å². The number of quaternary nitrogens is 1. The molecule has 118 valence electrons. The lowest BCUT2D eigenvalue weighted by Crippen LogP contribution is -2.57. The van der Waals surface area contributed by atoms with E-state index in [1.165, 1.54) is 12.3 Å². The third kappa shape index (κ3) is 1.86. The number of aromatic nitrogens is 2. The molecule has 1 saturated heterocycles. The molecule has 3 aliphatic heterocycles. The Morgan fingerprint density at radius 1 is 1.35 bits per heavy atom. The number of hydrogen-bond acceptors (Lipinski definition) is 4. The number of nitrogens with zero attached hydrogens (tertiary/aromatic N) is 4. The van der Waals surface area contributed by atoms with E-state index in [0.29, 0.717) is 24.3 Å². The second-order valence-electron chi connectivity index (χ2n) is 5.93. The fraction of sp³-hybridized carbons (Fsp3) is 0.312. The number of rotatable bonds is 1. The molecular weight excluding hydrogens is 299 g/mol. The Morgan fingerprint density at radius 3 is 2.83 bits per heavy atom. The summed E-state index contributed by atoms with van der Waals surface area (Å²) in [5.41, 5.74) is 1.12. The predicted octanol–water partition coefficient (Wildman–Crippen LogP) is 2.92. The maximum Gasteiger partial charge on any atom is 0.525 e. The van der Waals surface area contributed by atoms with Crippen molar-refractivity contribution in [3.8, 4) is 0 Å². The first-order valence-electron chi connectivity index (χ1n) is 7.58. The molecule has 7 heteroatoms. The lowest BCUT2D eigenvalue weighted by Gasteiger charge is -2.36. The van der Waals surface area contributed by atoms with E-state index in [9.17, 15) is 14.3 Å². The van der Waals surface area contributed by atoms with Gasteiger partial charge in [-0.05, 0) is 12.1 Å². The Hall–Kier alpha value is -2.54. The molecule has 2 bridgehead atoms. The van der Waals surface area contributed by atoms with Crippen LogP contribution in [0.2, 0.25) is 0 Å². The molecule has 1 unspecified atom stereocenters. The van der Waals surface area contributed by atoms with Crippen molar-refractivity contribution in [3.63, 3.8) is 0 Å². The Balaban J connectivity index is 2.07. The first-order chi connectivity index (χ1) is 11.1. The van der Waals surface area contributed by atoms with Gasteiger partial charge in [0.05, 0.1) is 12.4 Å². The van der Waals surface area contributed by atoms with Crippen LogP contribution in [0.1, 0.15) is 12.8 Å². The number of carboxylic acid groups (broad SMARTS) is 1. The van der Waals surface area contributed by atoms with Gasteiger partial charge in [0.1, 0.15) is 17.5 Å². The summed E-state index contributed by atoms with van der Waals surface area (Å²) >= 11 is 0. The van der Waals surface area contributed by atoms with Gasteiger partial charge < -0.3 is 10.0 Å². The summed E-state index contributed by atoms with van der Waals surface area (Å²) < 4.78 is 13.3. The van der Waals surface area contributed by atoms with Gasteiger partial charge >= 0.3 is 6.09 Å². The maximum atomic E-state index is 13.8. The predicted molar refractivity (Wildman–Crippen MR) is 83.1 cm³/mol. The first-order valence-corrected chi connectivity index (χ1v) is 7.58. The molecule has 1 fully saturated rings. The molecule has 0 radical (unpaired) electrons. The van der Waals surface area contributed by atoms with E-state index < -0.39 is 16.4 Å². The number of halogens is 1. The van der Waals surface area contributed by atoms with Crippen LogP contribution in [0.3, 0.4) is 0 Å². The summed E-state index contributed by atoms with van der Waals surface area (Å²) in [6, 6.07) is 4.76. The van der Waals surface area contributed by atoms with Crippen molar-refractivity contribution in [3.05, 3.63) is 42.6 Å². The Morgan fingerprint density at radius 2 is 2.13 bits per heavy atom. The summed E-state index contributed by atoms with van der Waals surface area (Å²) in [6.07, 6.45) is 4.47. The van der Waals surface area contributed by atoms with Gasteiger partial charge in [-0.2, -0.15) is 4.79 Å². The molecule has 1 atom stereocenters. The average Bonchev–Trinajstić information content (AvgIpc) is 2.79. The zero-order valence-corrected chi connectivity index (χ0v) is 12.4. The van der Waals surface area contributed by atoms with Crippen molar-refractivity contribution >= 4 is 23.3 Å². The maximum absolute atomic E-state index is 13.8. The van der Waals surface area contributed by atoms with Crippen LogP contribution in [0.4, 0.5) is 26.4 Å². The van der Waals surface area contributed by atoms with E-state index in [1.807, 2.05) is 6.07 Å². The molecule has 5 rings (SSSR count). The van der Waals surface area contributed by atoms with E-state index in [-0.39, 0.29) is 6.04 Å². The normalized spacial score (nSPS) is 25.8. The van der Waals surface area contributed by atoms with Gasteiger partial charge in [0, 0.05) is 38.2 Å². The molecule has 0 aromatic carbocycles. The van der Waals surface area contributed by atoms with Crippen LogP contribution in [-0.2, 0) is 0 Å². The van der Waals surface area contributed by atoms with Crippen molar-refractivity contribution < 1.29 is 14.3 Å². The van der Waals surface area contributed by atoms with Crippen molar-refractivity contribution in [2.24, 2.45) is 0 Å². The fourth-order valence-corrected chi connectivity index (χ4v) is 3.86. The van der Waals surface area contributed by atoms with E-state index in [2.05, 4.69) is 14.9 Å². The Bertz CT molecular complexity index is 776. The molecule has 23 heavy (non-hydrogen) atoms. The summed E-state index contributed by atoms with van der Waals surface area (Å²) in [5.74, 6) is -0.106. The van der Waals surface area contributed by atoms with Crippen LogP contribution in [0, 0.1) is 5.82 Å². The van der Waals surface area contributed by atoms with Gasteiger partial charge in [-0.3, -0.25) is 4.98 Å². The first kappa shape index (κ1) is 14.1. The minimum absolute atomic E-state index is 0.191. The molecule has 2 aromatic heterocycles. The highest BCUT2D eigenvalue weighted by Gasteiger charge is 2.56. The van der Waals surface area contributed by atoms with Crippen molar-refractivity contribution in [2.75, 3.05) is 18.0 Å². The lowest BCUT2D eigenvalue weighted by atomic mass is 10.0. The lowest BCUT2D eigenvalue weighted by molar-refractivity contribution is 0.146. The molecule has 0 spiro atoms. The number of anilines is 1. The number of carbonyl (C=O) groups is 1. The van der Waals surface area contributed by atoms with Gasteiger partial charge in [-0.1, -0.05) is 0 Å². The van der Waals surface area contributed by atoms with E-state index in [1.54, 1.807) is 12.3 Å². The number of pyridine rings is 2. The van der Waals surface area contributed by atoms with Crippen molar-refractivity contribution in [2.45, 2.75) is 18.9 Å². The highest BCUT2D eigenvalue weighted by Crippen LogP contribution is 2.48. The number of hydrogen-bond donors (Lipinski definition) is 1. The highest BCUT2D eigenvalue weighted by atomic mass is 19.1. The minimum atomic E-state index is -1.05. The van der Waals surface area contributed by atoms with Crippen LogP contribution >= 0.6 is 0 Å². The van der Waals surface area contributed by atoms with Crippen LogP contribution in [-0.4, -0.2) is 40.3 Å². The van der Waals surface area contributed by atoms with Crippen LogP contribution in [0.25, 0.3) is 0 Å². The second-order valence-corrected chi connectivity index (χ2v) is 5.93. The van der Waals surface area contributed by atoms with Crippen LogP contribution in [0.5, 0.6) is 0 Å². The van der Waals surface area contributed by atoms with Gasteiger partial charge in [0.25, 0.3) is 5.82 Å². The Kier molecular flexibility index (Phi) is 3.05. The van der Waals surface area contributed by atoms with Crippen molar-refractivity contribution in [1.29, 1.82) is 0 Å². The largest absolute Gasteiger partial charge is 0.525 e. The topological polar surface area (TPSA) is 66.3 Å². The molecule has 2 aromatic rings. The SMILES string of the molecule is O=C(O)[N+]1(c2cncc(F)c2)c2ncccc2N2CCC1CC2. The van der Waals surface area contributed by atoms with Gasteiger partial charge in [0.2, 0.25) is 0 Å². The Labute approximate surface area is 132 Å². The second kappa shape index (κ2) is 4.99. The molecule has 6 nitrogen and oxygen atoms in total. The smallest absolute Gasteiger partial charge is 0.435 e. The standard InChI is InChI=1S/C16H15FN4O2/c17-11-8-13(10-18-9-11)21(16(22)23)12-3-6-20(7-4-12)14-2-1-5-19-15(14)21/h1-2,5,8-10,12H,3-4,6-7H2/p+1. The summed E-state index contributed by atoms with van der Waals surface area (Å²) in [5, 5.41) is 10.2. The monoisotopic (exact) mass is 315 g/mol. The quantitative estimate of drug-likeness (QED) is 0.820. The summed E-state index contributed by atoms with van der Waals surface area (Å²) in [7, 11) is 0. The molecule has 1 N–H and O–H groups in total. The minimum Gasteiger partial charge on any atom is -0.435 e. The van der Waals surface area contributed by atoms with Crippen LogP contribution < -0.4 is 9.38 Å². The third-order valence-electron chi connectivity index (χ3n) is 4.85. The molecule has 3 aliphatic rings. The van der Waals surface area contributed by atoms with E-state index in [4.69, 9.17) is 0 Å². The van der Waals surface area contributed by atoms with E-state index >= 15 is 0 Å². The number of fused-ring (bicyclic) bond motifs is 2. The molecule has 0 saturated carbocycles. The summed E-state index contributed by atoms with van der Waals surface area (Å²) in [4.78, 5) is 22.9. The van der Waals surface area contributed by atoms with Gasteiger partial charge in [0.15, 0.2) is 5.69 Å². The summed E-state index contributed by atoms with van der Waals surface area (Å²) in [6.45, 7) is 1.55.